The zero-order valence-electron chi connectivity index (χ0n) is 11.5. The Morgan fingerprint density at radius 3 is 2.86 bits per heavy atom. The van der Waals surface area contributed by atoms with Crippen LogP contribution < -0.4 is 4.74 Å². The Kier molecular flexibility index (Phi) is 5.24. The van der Waals surface area contributed by atoms with E-state index >= 15 is 0 Å². The number of carbonyl (C=O) groups is 1. The summed E-state index contributed by atoms with van der Waals surface area (Å²) in [6, 6.07) is 5.61. The van der Waals surface area contributed by atoms with E-state index in [-0.39, 0.29) is 5.75 Å². The summed E-state index contributed by atoms with van der Waals surface area (Å²) < 4.78 is 8.10. The Balaban J connectivity index is 2.53. The molecule has 0 fully saturated rings. The maximum atomic E-state index is 10.8. The predicted molar refractivity (Wildman–Crippen MR) is 83.3 cm³/mol. The van der Waals surface area contributed by atoms with Crippen LogP contribution in [-0.2, 0) is 11.2 Å². The van der Waals surface area contributed by atoms with Crippen LogP contribution in [0, 0.1) is 0 Å². The fourth-order valence-corrected chi connectivity index (χ4v) is 2.86. The van der Waals surface area contributed by atoms with E-state index in [9.17, 15) is 4.79 Å². The molecule has 0 saturated heterocycles. The van der Waals surface area contributed by atoms with Gasteiger partial charge in [-0.2, -0.15) is 0 Å². The van der Waals surface area contributed by atoms with Crippen molar-refractivity contribution < 1.29 is 14.6 Å². The molecule has 0 unspecified atom stereocenters. The van der Waals surface area contributed by atoms with Crippen LogP contribution in [0.2, 0.25) is 0 Å². The molecule has 21 heavy (non-hydrogen) atoms. The largest absolute Gasteiger partial charge is 0.495 e. The van der Waals surface area contributed by atoms with E-state index < -0.39 is 5.97 Å². The first-order valence-corrected chi connectivity index (χ1v) is 7.97. The number of hydrogen-bond donors (Lipinski definition) is 1. The summed E-state index contributed by atoms with van der Waals surface area (Å²) in [5.41, 5.74) is 0.779. The van der Waals surface area contributed by atoms with Gasteiger partial charge in [0.2, 0.25) is 0 Å². The molecule has 0 amide bonds. The molecule has 0 bridgehead atoms. The molecule has 1 heterocycles. The van der Waals surface area contributed by atoms with E-state index in [0.717, 1.165) is 27.7 Å². The van der Waals surface area contributed by atoms with Gasteiger partial charge in [0, 0.05) is 10.9 Å². The number of halogens is 1. The van der Waals surface area contributed by atoms with Crippen LogP contribution >= 0.6 is 27.7 Å². The molecular weight excluding hydrogens is 358 g/mol. The van der Waals surface area contributed by atoms with Crippen molar-refractivity contribution in [2.75, 3.05) is 12.9 Å². The maximum Gasteiger partial charge on any atom is 0.313 e. The van der Waals surface area contributed by atoms with Gasteiger partial charge in [0.05, 0.1) is 18.6 Å². The minimum Gasteiger partial charge on any atom is -0.495 e. The highest BCUT2D eigenvalue weighted by Crippen LogP contribution is 2.31. The molecule has 2 rings (SSSR count). The monoisotopic (exact) mass is 371 g/mol. The quantitative estimate of drug-likeness (QED) is 0.786. The van der Waals surface area contributed by atoms with Crippen molar-refractivity contribution in [3.8, 4) is 11.4 Å². The van der Waals surface area contributed by atoms with Crippen LogP contribution in [0.3, 0.4) is 0 Å². The minimum atomic E-state index is -0.895. The average Bonchev–Trinajstić information content (AvgIpc) is 2.87. The van der Waals surface area contributed by atoms with Crippen molar-refractivity contribution in [2.24, 2.45) is 0 Å². The van der Waals surface area contributed by atoms with E-state index in [4.69, 9.17) is 9.84 Å². The number of thioether (sulfide) groups is 1. The highest BCUT2D eigenvalue weighted by atomic mass is 79.9. The number of benzene rings is 1. The predicted octanol–water partition coefficient (Wildman–Crippen LogP) is 2.78. The molecule has 0 saturated carbocycles. The van der Waals surface area contributed by atoms with Gasteiger partial charge in [0.15, 0.2) is 5.16 Å². The SMILES string of the molecule is CCc1nnc(SCC(=O)O)n1-c1cc(Br)ccc1OC. The molecule has 1 aromatic carbocycles. The smallest absolute Gasteiger partial charge is 0.313 e. The summed E-state index contributed by atoms with van der Waals surface area (Å²) in [7, 11) is 1.59. The Bertz CT molecular complexity index is 660. The molecule has 2 aromatic rings. The van der Waals surface area contributed by atoms with Crippen LogP contribution in [0.5, 0.6) is 5.75 Å². The number of methoxy groups -OCH3 is 1. The first-order valence-electron chi connectivity index (χ1n) is 6.19. The number of hydrogen-bond acceptors (Lipinski definition) is 5. The number of aromatic nitrogens is 3. The summed E-state index contributed by atoms with van der Waals surface area (Å²) in [6.45, 7) is 1.97. The number of nitrogens with zero attached hydrogens (tertiary/aromatic N) is 3. The molecule has 0 aliphatic carbocycles. The lowest BCUT2D eigenvalue weighted by molar-refractivity contribution is -0.133. The van der Waals surface area contributed by atoms with Gasteiger partial charge in [0.25, 0.3) is 0 Å². The number of rotatable bonds is 6. The molecular formula is C13H14BrN3O3S. The summed E-state index contributed by atoms with van der Waals surface area (Å²) in [5, 5.41) is 17.6. The van der Waals surface area contributed by atoms with Gasteiger partial charge < -0.3 is 9.84 Å². The number of carboxylic acids is 1. The number of aliphatic carboxylic acids is 1. The third kappa shape index (κ3) is 3.56. The third-order valence-electron chi connectivity index (χ3n) is 2.72. The molecule has 1 N–H and O–H groups in total. The fourth-order valence-electron chi connectivity index (χ4n) is 1.83. The summed E-state index contributed by atoms with van der Waals surface area (Å²) >= 11 is 4.56. The minimum absolute atomic E-state index is 0.0713. The van der Waals surface area contributed by atoms with Gasteiger partial charge in [0.1, 0.15) is 11.6 Å². The van der Waals surface area contributed by atoms with Crippen LogP contribution in [-0.4, -0.2) is 38.7 Å². The van der Waals surface area contributed by atoms with E-state index in [2.05, 4.69) is 26.1 Å². The molecule has 8 heteroatoms. The Morgan fingerprint density at radius 1 is 1.48 bits per heavy atom. The van der Waals surface area contributed by atoms with Gasteiger partial charge in [-0.3, -0.25) is 9.36 Å². The lowest BCUT2D eigenvalue weighted by Gasteiger charge is -2.13. The Hall–Kier alpha value is -1.54. The topological polar surface area (TPSA) is 77.2 Å². The fraction of sp³-hybridized carbons (Fsp3) is 0.308. The maximum absolute atomic E-state index is 10.8. The van der Waals surface area contributed by atoms with Crippen LogP contribution in [0.1, 0.15) is 12.7 Å². The zero-order valence-corrected chi connectivity index (χ0v) is 13.9. The lowest BCUT2D eigenvalue weighted by Crippen LogP contribution is -2.06. The highest BCUT2D eigenvalue weighted by Gasteiger charge is 2.17. The second-order valence-corrected chi connectivity index (χ2v) is 5.94. The van der Waals surface area contributed by atoms with Crippen molar-refractivity contribution >= 4 is 33.7 Å². The number of carboxylic acid groups (broad SMARTS) is 1. The molecule has 1 aromatic heterocycles. The van der Waals surface area contributed by atoms with Crippen LogP contribution in [0.4, 0.5) is 0 Å². The van der Waals surface area contributed by atoms with Gasteiger partial charge >= 0.3 is 5.97 Å². The molecule has 0 atom stereocenters. The number of aryl methyl sites for hydroxylation is 1. The van der Waals surface area contributed by atoms with Crippen LogP contribution in [0.25, 0.3) is 5.69 Å². The van der Waals surface area contributed by atoms with E-state index in [1.54, 1.807) is 7.11 Å². The normalized spacial score (nSPS) is 10.6. The van der Waals surface area contributed by atoms with Crippen molar-refractivity contribution in [1.82, 2.24) is 14.8 Å². The van der Waals surface area contributed by atoms with Crippen molar-refractivity contribution in [1.29, 1.82) is 0 Å². The lowest BCUT2D eigenvalue weighted by atomic mass is 10.3. The standard InChI is InChI=1S/C13H14BrN3O3S/c1-3-11-15-16-13(21-7-12(18)19)17(11)9-6-8(14)4-5-10(9)20-2/h4-6H,3,7H2,1-2H3,(H,18,19). The van der Waals surface area contributed by atoms with Gasteiger partial charge in [-0.1, -0.05) is 34.6 Å². The van der Waals surface area contributed by atoms with Crippen molar-refractivity contribution in [3.05, 3.63) is 28.5 Å². The third-order valence-corrected chi connectivity index (χ3v) is 4.13. The number of ether oxygens (including phenoxy) is 1. The Morgan fingerprint density at radius 2 is 2.24 bits per heavy atom. The molecule has 0 spiro atoms. The first kappa shape index (κ1) is 15.8. The highest BCUT2D eigenvalue weighted by molar-refractivity contribution is 9.10. The molecule has 0 aliphatic rings. The molecule has 0 aliphatic heterocycles. The summed E-state index contributed by atoms with van der Waals surface area (Å²) in [6.07, 6.45) is 0.677. The van der Waals surface area contributed by atoms with Gasteiger partial charge in [-0.25, -0.2) is 0 Å². The van der Waals surface area contributed by atoms with Gasteiger partial charge in [-0.05, 0) is 18.2 Å². The molecule has 0 radical (unpaired) electrons. The Labute approximate surface area is 134 Å². The second-order valence-electron chi connectivity index (χ2n) is 4.09. The zero-order chi connectivity index (χ0) is 15.4. The first-order chi connectivity index (χ1) is 10.1. The van der Waals surface area contributed by atoms with Gasteiger partial charge in [-0.15, -0.1) is 10.2 Å². The molecule has 6 nitrogen and oxygen atoms in total. The van der Waals surface area contributed by atoms with E-state index in [1.807, 2.05) is 29.7 Å². The average molecular weight is 372 g/mol. The van der Waals surface area contributed by atoms with Crippen LogP contribution in [0.15, 0.2) is 27.8 Å². The molecule has 112 valence electrons. The van der Waals surface area contributed by atoms with Crippen molar-refractivity contribution in [3.63, 3.8) is 0 Å². The van der Waals surface area contributed by atoms with Crippen molar-refractivity contribution in [2.45, 2.75) is 18.5 Å². The summed E-state index contributed by atoms with van der Waals surface area (Å²) in [4.78, 5) is 10.8. The second kappa shape index (κ2) is 6.95. The van der Waals surface area contributed by atoms with E-state index in [0.29, 0.717) is 17.3 Å². The van der Waals surface area contributed by atoms with E-state index in [1.165, 1.54) is 0 Å². The summed E-state index contributed by atoms with van der Waals surface area (Å²) in [5.74, 6) is 0.455.